The molecular weight excluding hydrogens is 632 g/mol. The van der Waals surface area contributed by atoms with Crippen LogP contribution in [-0.4, -0.2) is 36.8 Å². The number of likely N-dealkylation sites (tertiary alicyclic amines) is 1. The summed E-state index contributed by atoms with van der Waals surface area (Å²) in [4.78, 5) is 17.5. The van der Waals surface area contributed by atoms with Crippen LogP contribution in [0.15, 0.2) is 102 Å². The third kappa shape index (κ3) is 10.2. The molecule has 50 heavy (non-hydrogen) atoms. The van der Waals surface area contributed by atoms with Crippen LogP contribution in [-0.2, 0) is 40.6 Å². The summed E-state index contributed by atoms with van der Waals surface area (Å²) in [5.41, 5.74) is 14.1. The summed E-state index contributed by atoms with van der Waals surface area (Å²) in [7, 11) is 0. The number of nitrogens with zero attached hydrogens (tertiary/aromatic N) is 4. The number of benzene rings is 4. The molecule has 262 valence electrons. The average Bonchev–Trinajstić information content (AvgIpc) is 3.62. The highest BCUT2D eigenvalue weighted by Gasteiger charge is 2.30. The van der Waals surface area contributed by atoms with Gasteiger partial charge in [-0.2, -0.15) is 0 Å². The number of hydrogen-bond acceptors (Lipinski definition) is 7. The van der Waals surface area contributed by atoms with Crippen molar-refractivity contribution >= 4 is 11.8 Å². The van der Waals surface area contributed by atoms with Gasteiger partial charge in [0.25, 0.3) is 0 Å². The fourth-order valence-electron chi connectivity index (χ4n) is 5.94. The van der Waals surface area contributed by atoms with Crippen molar-refractivity contribution in [3.05, 3.63) is 135 Å². The Balaban J connectivity index is 1.41. The second-order valence-corrected chi connectivity index (χ2v) is 12.3. The van der Waals surface area contributed by atoms with Gasteiger partial charge < -0.3 is 28.6 Å². The molecule has 1 aliphatic rings. The first-order valence-corrected chi connectivity index (χ1v) is 17.3. The van der Waals surface area contributed by atoms with Gasteiger partial charge >= 0.3 is 6.09 Å². The maximum absolute atomic E-state index is 12.8. The lowest BCUT2D eigenvalue weighted by atomic mass is 10.0. The van der Waals surface area contributed by atoms with E-state index in [1.165, 1.54) is 0 Å². The Hall–Kier alpha value is -5.02. The van der Waals surface area contributed by atoms with Gasteiger partial charge in [0.05, 0.1) is 38.6 Å². The van der Waals surface area contributed by atoms with Crippen molar-refractivity contribution < 1.29 is 28.5 Å². The van der Waals surface area contributed by atoms with Crippen LogP contribution in [0.25, 0.3) is 10.4 Å². The fraction of sp³-hybridized carbons (Fsp3) is 0.375. The SMILES string of the molecule is CCCCOC(=O)N1CCC[C@@H]1COCc1ccc(OCc2ccccc2)c(OCc2ccccc2)c1[C@@H](C)OCc1ccccc1N=[N+]=[N-]. The Labute approximate surface area is 294 Å². The number of ether oxygens (including phenoxy) is 5. The van der Waals surface area contributed by atoms with Crippen LogP contribution in [0.3, 0.4) is 0 Å². The molecule has 10 heteroatoms. The van der Waals surface area contributed by atoms with Crippen molar-refractivity contribution in [2.24, 2.45) is 5.11 Å². The van der Waals surface area contributed by atoms with E-state index in [0.29, 0.717) is 50.2 Å². The smallest absolute Gasteiger partial charge is 0.410 e. The van der Waals surface area contributed by atoms with E-state index in [0.717, 1.165) is 53.5 Å². The molecule has 1 amide bonds. The highest BCUT2D eigenvalue weighted by atomic mass is 16.6. The highest BCUT2D eigenvalue weighted by molar-refractivity contribution is 5.68. The molecule has 0 N–H and O–H groups in total. The zero-order valence-corrected chi connectivity index (χ0v) is 28.9. The summed E-state index contributed by atoms with van der Waals surface area (Å²) >= 11 is 0. The lowest BCUT2D eigenvalue weighted by Crippen LogP contribution is -2.38. The molecule has 10 nitrogen and oxygen atoms in total. The summed E-state index contributed by atoms with van der Waals surface area (Å²) in [5, 5.41) is 3.84. The van der Waals surface area contributed by atoms with Crippen molar-refractivity contribution in [2.75, 3.05) is 19.8 Å². The molecule has 4 aromatic rings. The molecule has 2 atom stereocenters. The van der Waals surface area contributed by atoms with Crippen LogP contribution in [0.5, 0.6) is 11.5 Å². The van der Waals surface area contributed by atoms with Gasteiger partial charge in [0.2, 0.25) is 0 Å². The first-order chi connectivity index (χ1) is 24.6. The Morgan fingerprint density at radius 2 is 1.58 bits per heavy atom. The molecule has 4 aromatic carbocycles. The molecule has 0 spiro atoms. The second kappa shape index (κ2) is 19.2. The van der Waals surface area contributed by atoms with Crippen LogP contribution in [0, 0.1) is 0 Å². The first kappa shape index (κ1) is 36.3. The largest absolute Gasteiger partial charge is 0.485 e. The van der Waals surface area contributed by atoms with Crippen LogP contribution < -0.4 is 9.47 Å². The standard InChI is InChI=1S/C40H46N4O6/c1-3-4-24-47-40(45)44-23-13-19-35(44)29-46-27-34-21-22-37(49-25-31-14-7-5-8-15-31)39(50-26-32-16-9-6-10-17-32)38(34)30(2)48-28-33-18-11-12-20-36(33)42-43-41/h5-12,14-18,20-22,30,35H,3-4,13,19,23-29H2,1-2H3/t30-,35-/m1/s1. The Kier molecular flexibility index (Phi) is 14.0. The van der Waals surface area contributed by atoms with Gasteiger partial charge in [-0.3, -0.25) is 0 Å². The summed E-state index contributed by atoms with van der Waals surface area (Å²) in [6.07, 6.45) is 2.85. The normalized spacial score (nSPS) is 14.5. The van der Waals surface area contributed by atoms with Crippen molar-refractivity contribution in [1.29, 1.82) is 0 Å². The Morgan fingerprint density at radius 1 is 0.880 bits per heavy atom. The fourth-order valence-corrected chi connectivity index (χ4v) is 5.94. The van der Waals surface area contributed by atoms with Gasteiger partial charge in [-0.15, -0.1) is 0 Å². The molecule has 0 aliphatic carbocycles. The quantitative estimate of drug-likeness (QED) is 0.0448. The second-order valence-electron chi connectivity index (χ2n) is 12.3. The van der Waals surface area contributed by atoms with E-state index < -0.39 is 6.10 Å². The topological polar surface area (TPSA) is 115 Å². The molecule has 0 radical (unpaired) electrons. The van der Waals surface area contributed by atoms with E-state index in [-0.39, 0.29) is 25.3 Å². The Morgan fingerprint density at radius 3 is 2.30 bits per heavy atom. The third-order valence-corrected chi connectivity index (χ3v) is 8.66. The first-order valence-electron chi connectivity index (χ1n) is 17.3. The molecule has 0 unspecified atom stereocenters. The Bertz CT molecular complexity index is 1700. The van der Waals surface area contributed by atoms with Crippen LogP contribution in [0.2, 0.25) is 0 Å². The van der Waals surface area contributed by atoms with Crippen molar-refractivity contribution in [3.8, 4) is 11.5 Å². The molecule has 1 fully saturated rings. The minimum absolute atomic E-state index is 0.0549. The van der Waals surface area contributed by atoms with E-state index in [4.69, 9.17) is 29.2 Å². The minimum atomic E-state index is -0.463. The summed E-state index contributed by atoms with van der Waals surface area (Å²) in [6, 6.07) is 31.2. The average molecular weight is 679 g/mol. The predicted molar refractivity (Wildman–Crippen MR) is 192 cm³/mol. The van der Waals surface area contributed by atoms with Crippen LogP contribution >= 0.6 is 0 Å². The monoisotopic (exact) mass is 678 g/mol. The van der Waals surface area contributed by atoms with E-state index in [1.807, 2.05) is 97.9 Å². The van der Waals surface area contributed by atoms with E-state index >= 15 is 0 Å². The predicted octanol–water partition coefficient (Wildman–Crippen LogP) is 9.98. The molecule has 1 saturated heterocycles. The highest BCUT2D eigenvalue weighted by Crippen LogP contribution is 2.41. The summed E-state index contributed by atoms with van der Waals surface area (Å²) < 4.78 is 31.3. The molecule has 5 rings (SSSR count). The summed E-state index contributed by atoms with van der Waals surface area (Å²) in [5.74, 6) is 1.16. The molecule has 0 bridgehead atoms. The van der Waals surface area contributed by atoms with E-state index in [1.54, 1.807) is 11.0 Å². The minimum Gasteiger partial charge on any atom is -0.485 e. The maximum Gasteiger partial charge on any atom is 0.410 e. The number of azide groups is 1. The van der Waals surface area contributed by atoms with Gasteiger partial charge in [-0.25, -0.2) is 4.79 Å². The number of unbranched alkanes of at least 4 members (excludes halogenated alkanes) is 1. The van der Waals surface area contributed by atoms with Crippen molar-refractivity contribution in [3.63, 3.8) is 0 Å². The van der Waals surface area contributed by atoms with Crippen LogP contribution in [0.4, 0.5) is 10.5 Å². The molecular formula is C40H46N4O6. The van der Waals surface area contributed by atoms with Gasteiger partial charge in [0, 0.05) is 22.7 Å². The van der Waals surface area contributed by atoms with Gasteiger partial charge in [0.15, 0.2) is 11.5 Å². The van der Waals surface area contributed by atoms with Crippen molar-refractivity contribution in [2.45, 2.75) is 78.1 Å². The number of hydrogen-bond donors (Lipinski definition) is 0. The lowest BCUT2D eigenvalue weighted by Gasteiger charge is -2.26. The lowest BCUT2D eigenvalue weighted by molar-refractivity contribution is 0.0405. The van der Waals surface area contributed by atoms with Crippen LogP contribution in [0.1, 0.15) is 73.5 Å². The number of amides is 1. The molecule has 1 aliphatic heterocycles. The molecule has 0 saturated carbocycles. The van der Waals surface area contributed by atoms with Gasteiger partial charge in [-0.05, 0) is 60.0 Å². The third-order valence-electron chi connectivity index (χ3n) is 8.66. The summed E-state index contributed by atoms with van der Waals surface area (Å²) in [6.45, 7) is 6.68. The molecule has 0 aromatic heterocycles. The van der Waals surface area contributed by atoms with Crippen molar-refractivity contribution in [1.82, 2.24) is 4.90 Å². The molecule has 1 heterocycles. The van der Waals surface area contributed by atoms with E-state index in [9.17, 15) is 4.79 Å². The zero-order valence-electron chi connectivity index (χ0n) is 28.9. The maximum atomic E-state index is 12.8. The van der Waals surface area contributed by atoms with Gasteiger partial charge in [0.1, 0.15) is 13.2 Å². The van der Waals surface area contributed by atoms with Gasteiger partial charge in [-0.1, -0.05) is 109 Å². The zero-order chi connectivity index (χ0) is 35.0. The number of carbonyl (C=O) groups excluding carboxylic acids is 1. The number of carbonyl (C=O) groups is 1. The number of rotatable bonds is 18. The van der Waals surface area contributed by atoms with E-state index in [2.05, 4.69) is 16.9 Å².